The minimum absolute atomic E-state index is 0.517. The van der Waals surface area contributed by atoms with Crippen molar-refractivity contribution in [3.8, 4) is 0 Å². The van der Waals surface area contributed by atoms with E-state index < -0.39 is 0 Å². The standard InChI is InChI=1S/C12H20N2/c1-7(2)12-13-10-6-5-8(3)9(4)11(10)14-12/h7-9H,5-6H2,1-4H3,(H,13,14). The molecule has 1 aromatic heterocycles. The summed E-state index contributed by atoms with van der Waals surface area (Å²) in [5.74, 6) is 3.13. The Kier molecular flexibility index (Phi) is 2.38. The molecular formula is C12H20N2. The lowest BCUT2D eigenvalue weighted by Crippen LogP contribution is -2.15. The topological polar surface area (TPSA) is 28.7 Å². The fourth-order valence-corrected chi connectivity index (χ4v) is 2.18. The van der Waals surface area contributed by atoms with E-state index in [1.807, 2.05) is 0 Å². The zero-order valence-electron chi connectivity index (χ0n) is 9.59. The van der Waals surface area contributed by atoms with Crippen LogP contribution < -0.4 is 0 Å². The Balaban J connectivity index is 2.36. The highest BCUT2D eigenvalue weighted by Gasteiger charge is 2.26. The molecule has 2 nitrogen and oxygen atoms in total. The number of aromatic amines is 1. The summed E-state index contributed by atoms with van der Waals surface area (Å²) >= 11 is 0. The normalized spacial score (nSPS) is 26.6. The van der Waals surface area contributed by atoms with Crippen LogP contribution in [0.15, 0.2) is 0 Å². The average Bonchev–Trinajstić information content (AvgIpc) is 2.56. The maximum Gasteiger partial charge on any atom is 0.109 e. The molecule has 0 bridgehead atoms. The predicted molar refractivity (Wildman–Crippen MR) is 58.6 cm³/mol. The molecule has 0 aromatic carbocycles. The zero-order chi connectivity index (χ0) is 10.3. The van der Waals surface area contributed by atoms with E-state index in [1.54, 1.807) is 0 Å². The first-order valence-electron chi connectivity index (χ1n) is 5.68. The van der Waals surface area contributed by atoms with Gasteiger partial charge in [-0.2, -0.15) is 0 Å². The predicted octanol–water partition coefficient (Wildman–Crippen LogP) is 3.22. The Hall–Kier alpha value is -0.790. The van der Waals surface area contributed by atoms with Crippen molar-refractivity contribution in [2.24, 2.45) is 5.92 Å². The van der Waals surface area contributed by atoms with Crippen LogP contribution in [0.2, 0.25) is 0 Å². The van der Waals surface area contributed by atoms with Crippen LogP contribution in [0.25, 0.3) is 0 Å². The molecule has 1 aliphatic carbocycles. The van der Waals surface area contributed by atoms with E-state index in [1.165, 1.54) is 17.8 Å². The Bertz CT molecular complexity index is 325. The van der Waals surface area contributed by atoms with Crippen molar-refractivity contribution >= 4 is 0 Å². The van der Waals surface area contributed by atoms with Gasteiger partial charge in [-0.15, -0.1) is 0 Å². The van der Waals surface area contributed by atoms with Gasteiger partial charge in [0.15, 0.2) is 0 Å². The molecule has 1 aromatic rings. The van der Waals surface area contributed by atoms with Crippen molar-refractivity contribution in [2.75, 3.05) is 0 Å². The summed E-state index contributed by atoms with van der Waals surface area (Å²) in [7, 11) is 0. The van der Waals surface area contributed by atoms with Gasteiger partial charge in [0, 0.05) is 17.5 Å². The van der Waals surface area contributed by atoms with Crippen LogP contribution in [-0.2, 0) is 6.42 Å². The zero-order valence-corrected chi connectivity index (χ0v) is 9.59. The quantitative estimate of drug-likeness (QED) is 0.727. The highest BCUT2D eigenvalue weighted by atomic mass is 14.9. The highest BCUT2D eigenvalue weighted by Crippen LogP contribution is 2.34. The molecule has 0 amide bonds. The summed E-state index contributed by atoms with van der Waals surface area (Å²) in [5, 5.41) is 0. The molecule has 2 atom stereocenters. The molecule has 2 unspecified atom stereocenters. The first kappa shape index (κ1) is 9.75. The van der Waals surface area contributed by atoms with Gasteiger partial charge in [-0.25, -0.2) is 4.98 Å². The molecular weight excluding hydrogens is 172 g/mol. The smallest absolute Gasteiger partial charge is 0.109 e. The van der Waals surface area contributed by atoms with Gasteiger partial charge >= 0.3 is 0 Å². The lowest BCUT2D eigenvalue weighted by Gasteiger charge is -2.24. The van der Waals surface area contributed by atoms with Crippen molar-refractivity contribution in [1.82, 2.24) is 9.97 Å². The third kappa shape index (κ3) is 1.47. The molecule has 2 heteroatoms. The molecule has 14 heavy (non-hydrogen) atoms. The summed E-state index contributed by atoms with van der Waals surface area (Å²) in [6.07, 6.45) is 2.45. The molecule has 0 spiro atoms. The maximum absolute atomic E-state index is 4.68. The second-order valence-electron chi connectivity index (χ2n) is 4.94. The number of imidazole rings is 1. The van der Waals surface area contributed by atoms with Gasteiger partial charge in [0.25, 0.3) is 0 Å². The van der Waals surface area contributed by atoms with E-state index in [0.29, 0.717) is 11.8 Å². The lowest BCUT2D eigenvalue weighted by atomic mass is 9.82. The molecule has 0 aliphatic heterocycles. The van der Waals surface area contributed by atoms with Gasteiger partial charge in [-0.1, -0.05) is 27.7 Å². The first-order valence-corrected chi connectivity index (χ1v) is 5.68. The van der Waals surface area contributed by atoms with Crippen LogP contribution in [0, 0.1) is 5.92 Å². The van der Waals surface area contributed by atoms with Gasteiger partial charge in [-0.3, -0.25) is 0 Å². The van der Waals surface area contributed by atoms with Gasteiger partial charge in [0.05, 0.1) is 5.69 Å². The first-order chi connectivity index (χ1) is 6.59. The molecule has 78 valence electrons. The van der Waals surface area contributed by atoms with Crippen molar-refractivity contribution in [3.63, 3.8) is 0 Å². The summed E-state index contributed by atoms with van der Waals surface area (Å²) in [6.45, 7) is 9.03. The Labute approximate surface area is 86.1 Å². The summed E-state index contributed by atoms with van der Waals surface area (Å²) < 4.78 is 0. The van der Waals surface area contributed by atoms with Crippen LogP contribution in [0.5, 0.6) is 0 Å². The van der Waals surface area contributed by atoms with Crippen LogP contribution in [0.3, 0.4) is 0 Å². The van der Waals surface area contributed by atoms with Gasteiger partial charge in [0.1, 0.15) is 5.82 Å². The van der Waals surface area contributed by atoms with Crippen LogP contribution in [0.4, 0.5) is 0 Å². The number of aryl methyl sites for hydroxylation is 1. The van der Waals surface area contributed by atoms with Crippen molar-refractivity contribution < 1.29 is 0 Å². The molecule has 0 saturated heterocycles. The van der Waals surface area contributed by atoms with Gasteiger partial charge < -0.3 is 4.98 Å². The molecule has 0 radical (unpaired) electrons. The molecule has 0 saturated carbocycles. The van der Waals surface area contributed by atoms with Crippen LogP contribution in [0.1, 0.15) is 63.2 Å². The Morgan fingerprint density at radius 2 is 2.07 bits per heavy atom. The number of aromatic nitrogens is 2. The van der Waals surface area contributed by atoms with Crippen molar-refractivity contribution in [1.29, 1.82) is 0 Å². The number of hydrogen-bond donors (Lipinski definition) is 1. The van der Waals surface area contributed by atoms with Gasteiger partial charge in [-0.05, 0) is 18.8 Å². The second kappa shape index (κ2) is 3.41. The van der Waals surface area contributed by atoms with Crippen molar-refractivity contribution in [3.05, 3.63) is 17.2 Å². The van der Waals surface area contributed by atoms with Crippen molar-refractivity contribution in [2.45, 2.75) is 52.4 Å². The molecule has 2 rings (SSSR count). The van der Waals surface area contributed by atoms with E-state index in [0.717, 1.165) is 18.2 Å². The number of hydrogen-bond acceptors (Lipinski definition) is 1. The fraction of sp³-hybridized carbons (Fsp3) is 0.750. The Morgan fingerprint density at radius 1 is 1.36 bits per heavy atom. The molecule has 1 aliphatic rings. The second-order valence-corrected chi connectivity index (χ2v) is 4.94. The molecule has 1 N–H and O–H groups in total. The number of nitrogens with zero attached hydrogens (tertiary/aromatic N) is 1. The molecule has 0 fully saturated rings. The third-order valence-corrected chi connectivity index (χ3v) is 3.52. The number of fused-ring (bicyclic) bond motifs is 1. The van der Waals surface area contributed by atoms with Crippen LogP contribution in [-0.4, -0.2) is 9.97 Å². The summed E-state index contributed by atoms with van der Waals surface area (Å²) in [5.41, 5.74) is 2.71. The molecule has 1 heterocycles. The monoisotopic (exact) mass is 192 g/mol. The SMILES string of the molecule is CC(C)c1nc2c([nH]1)C(C)C(C)CC2. The lowest BCUT2D eigenvalue weighted by molar-refractivity contribution is 0.417. The fourth-order valence-electron chi connectivity index (χ4n) is 2.18. The van der Waals surface area contributed by atoms with E-state index in [2.05, 4.69) is 37.7 Å². The maximum atomic E-state index is 4.68. The summed E-state index contributed by atoms with van der Waals surface area (Å²) in [4.78, 5) is 8.18. The number of rotatable bonds is 1. The average molecular weight is 192 g/mol. The van der Waals surface area contributed by atoms with E-state index in [4.69, 9.17) is 0 Å². The highest BCUT2D eigenvalue weighted by molar-refractivity contribution is 5.23. The van der Waals surface area contributed by atoms with Gasteiger partial charge in [0.2, 0.25) is 0 Å². The third-order valence-electron chi connectivity index (χ3n) is 3.52. The number of H-pyrrole nitrogens is 1. The Morgan fingerprint density at radius 3 is 2.71 bits per heavy atom. The summed E-state index contributed by atoms with van der Waals surface area (Å²) in [6, 6.07) is 0. The number of nitrogens with one attached hydrogen (secondary N) is 1. The van der Waals surface area contributed by atoms with Crippen LogP contribution >= 0.6 is 0 Å². The van der Waals surface area contributed by atoms with E-state index >= 15 is 0 Å². The minimum Gasteiger partial charge on any atom is -0.345 e. The minimum atomic E-state index is 0.517. The largest absolute Gasteiger partial charge is 0.345 e. The van der Waals surface area contributed by atoms with E-state index in [9.17, 15) is 0 Å². The van der Waals surface area contributed by atoms with E-state index in [-0.39, 0.29) is 0 Å².